The van der Waals surface area contributed by atoms with E-state index in [1.807, 2.05) is 0 Å². The van der Waals surface area contributed by atoms with E-state index in [0.29, 0.717) is 17.5 Å². The van der Waals surface area contributed by atoms with Crippen molar-refractivity contribution in [2.24, 2.45) is 0 Å². The first-order valence-electron chi connectivity index (χ1n) is 6.03. The van der Waals surface area contributed by atoms with Crippen molar-refractivity contribution in [3.05, 3.63) is 41.0 Å². The molecule has 0 radical (unpaired) electrons. The van der Waals surface area contributed by atoms with Gasteiger partial charge in [0.25, 0.3) is 0 Å². The van der Waals surface area contributed by atoms with Gasteiger partial charge in [-0.2, -0.15) is 18.2 Å². The fourth-order valence-corrected chi connectivity index (χ4v) is 1.71. The normalized spacial score (nSPS) is 11.1. The van der Waals surface area contributed by atoms with E-state index < -0.39 is 12.7 Å². The van der Waals surface area contributed by atoms with Crippen LogP contribution in [0, 0.1) is 0 Å². The molecule has 2 aromatic rings. The largest absolute Gasteiger partial charge is 0.405 e. The van der Waals surface area contributed by atoms with E-state index in [9.17, 15) is 18.0 Å². The molecule has 0 saturated heterocycles. The average molecular weight is 331 g/mol. The maximum atomic E-state index is 12.2. The SMILES string of the molecule is O=Cc1cccc(Nc2ncc(Cl)c(NCC(F)(F)F)n2)c1. The molecule has 0 spiro atoms. The highest BCUT2D eigenvalue weighted by Gasteiger charge is 2.27. The van der Waals surface area contributed by atoms with Gasteiger partial charge in [-0.05, 0) is 12.1 Å². The van der Waals surface area contributed by atoms with E-state index in [0.717, 1.165) is 0 Å². The number of nitrogens with one attached hydrogen (secondary N) is 2. The number of halogens is 4. The molecule has 0 saturated carbocycles. The van der Waals surface area contributed by atoms with Crippen LogP contribution in [0.25, 0.3) is 0 Å². The Morgan fingerprint density at radius 1 is 1.32 bits per heavy atom. The summed E-state index contributed by atoms with van der Waals surface area (Å²) < 4.78 is 36.6. The lowest BCUT2D eigenvalue weighted by molar-refractivity contribution is -0.115. The summed E-state index contributed by atoms with van der Waals surface area (Å²) in [7, 11) is 0. The molecule has 1 aromatic heterocycles. The lowest BCUT2D eigenvalue weighted by Crippen LogP contribution is -2.22. The second-order valence-electron chi connectivity index (χ2n) is 4.23. The smallest absolute Gasteiger partial charge is 0.360 e. The van der Waals surface area contributed by atoms with E-state index in [4.69, 9.17) is 11.6 Å². The lowest BCUT2D eigenvalue weighted by Gasteiger charge is -2.11. The zero-order valence-electron chi connectivity index (χ0n) is 11.0. The Hall–Kier alpha value is -2.35. The predicted molar refractivity (Wildman–Crippen MR) is 76.7 cm³/mol. The fraction of sp³-hybridized carbons (Fsp3) is 0.154. The Balaban J connectivity index is 2.16. The molecule has 0 bridgehead atoms. The van der Waals surface area contributed by atoms with E-state index in [1.54, 1.807) is 24.3 Å². The third-order valence-corrected chi connectivity index (χ3v) is 2.76. The van der Waals surface area contributed by atoms with Gasteiger partial charge in [-0.15, -0.1) is 0 Å². The first kappa shape index (κ1) is 16.0. The van der Waals surface area contributed by atoms with Crippen LogP contribution in [0.1, 0.15) is 10.4 Å². The molecule has 0 aliphatic carbocycles. The Bertz CT molecular complexity index is 679. The maximum Gasteiger partial charge on any atom is 0.405 e. The van der Waals surface area contributed by atoms with Crippen LogP contribution in [0.3, 0.4) is 0 Å². The van der Waals surface area contributed by atoms with Crippen LogP contribution in [0.4, 0.5) is 30.6 Å². The molecule has 9 heteroatoms. The summed E-state index contributed by atoms with van der Waals surface area (Å²) in [5, 5.41) is 4.85. The van der Waals surface area contributed by atoms with Gasteiger partial charge in [0, 0.05) is 11.3 Å². The summed E-state index contributed by atoms with van der Waals surface area (Å²) in [5.74, 6) is -0.0832. The van der Waals surface area contributed by atoms with Gasteiger partial charge < -0.3 is 10.6 Å². The van der Waals surface area contributed by atoms with Crippen LogP contribution in [0.5, 0.6) is 0 Å². The molecule has 22 heavy (non-hydrogen) atoms. The lowest BCUT2D eigenvalue weighted by atomic mass is 10.2. The van der Waals surface area contributed by atoms with Crippen molar-refractivity contribution in [1.29, 1.82) is 0 Å². The van der Waals surface area contributed by atoms with Crippen molar-refractivity contribution in [3.63, 3.8) is 0 Å². The highest BCUT2D eigenvalue weighted by atomic mass is 35.5. The van der Waals surface area contributed by atoms with Gasteiger partial charge in [-0.3, -0.25) is 4.79 Å². The Kier molecular flexibility index (Phi) is 4.81. The molecule has 1 heterocycles. The number of anilines is 3. The quantitative estimate of drug-likeness (QED) is 0.819. The molecule has 5 nitrogen and oxygen atoms in total. The highest BCUT2D eigenvalue weighted by Crippen LogP contribution is 2.23. The molecule has 0 aliphatic heterocycles. The number of hydrogen-bond donors (Lipinski definition) is 2. The molecule has 0 amide bonds. The third kappa shape index (κ3) is 4.59. The summed E-state index contributed by atoms with van der Waals surface area (Å²) in [6.45, 7) is -1.26. The molecule has 0 atom stereocenters. The molecule has 1 aromatic carbocycles. The van der Waals surface area contributed by atoms with Crippen LogP contribution < -0.4 is 10.6 Å². The van der Waals surface area contributed by atoms with E-state index in [2.05, 4.69) is 20.6 Å². The summed E-state index contributed by atoms with van der Waals surface area (Å²) >= 11 is 5.75. The van der Waals surface area contributed by atoms with Crippen molar-refractivity contribution < 1.29 is 18.0 Å². The van der Waals surface area contributed by atoms with Gasteiger partial charge in [-0.1, -0.05) is 23.7 Å². The zero-order chi connectivity index (χ0) is 16.2. The Morgan fingerprint density at radius 3 is 2.77 bits per heavy atom. The van der Waals surface area contributed by atoms with Crippen LogP contribution in [-0.4, -0.2) is 29.0 Å². The monoisotopic (exact) mass is 330 g/mol. The summed E-state index contributed by atoms with van der Waals surface area (Å²) in [4.78, 5) is 18.4. The molecule has 0 aliphatic rings. The van der Waals surface area contributed by atoms with Gasteiger partial charge >= 0.3 is 6.18 Å². The number of nitrogens with zero attached hydrogens (tertiary/aromatic N) is 2. The van der Waals surface area contributed by atoms with E-state index in [-0.39, 0.29) is 16.8 Å². The minimum Gasteiger partial charge on any atom is -0.360 e. The molecule has 2 N–H and O–H groups in total. The van der Waals surface area contributed by atoms with Crippen molar-refractivity contribution in [3.8, 4) is 0 Å². The number of hydrogen-bond acceptors (Lipinski definition) is 5. The second-order valence-corrected chi connectivity index (χ2v) is 4.63. The van der Waals surface area contributed by atoms with Gasteiger partial charge in [0.1, 0.15) is 17.9 Å². The topological polar surface area (TPSA) is 66.9 Å². The van der Waals surface area contributed by atoms with Crippen LogP contribution >= 0.6 is 11.6 Å². The number of aromatic nitrogens is 2. The number of carbonyl (C=O) groups is 1. The van der Waals surface area contributed by atoms with Crippen molar-refractivity contribution in [2.45, 2.75) is 6.18 Å². The first-order valence-corrected chi connectivity index (χ1v) is 6.40. The number of aldehydes is 1. The minimum absolute atomic E-state index is 0.0311. The Labute approximate surface area is 128 Å². The fourth-order valence-electron chi connectivity index (χ4n) is 1.55. The van der Waals surface area contributed by atoms with Gasteiger partial charge in [-0.25, -0.2) is 4.98 Å². The molecule has 0 fully saturated rings. The standard InChI is InChI=1S/C13H10ClF3N4O/c14-10-5-18-12(21-11(10)19-7-13(15,16)17)20-9-3-1-2-8(4-9)6-22/h1-6H,7H2,(H2,18,19,20,21). The van der Waals surface area contributed by atoms with Crippen molar-refractivity contribution in [2.75, 3.05) is 17.2 Å². The third-order valence-electron chi connectivity index (χ3n) is 2.48. The summed E-state index contributed by atoms with van der Waals surface area (Å²) in [6.07, 6.45) is -2.54. The van der Waals surface area contributed by atoms with Gasteiger partial charge in [0.15, 0.2) is 5.82 Å². The van der Waals surface area contributed by atoms with Crippen LogP contribution in [0.15, 0.2) is 30.5 Å². The number of rotatable bonds is 5. The summed E-state index contributed by atoms with van der Waals surface area (Å²) in [5.41, 5.74) is 0.961. The minimum atomic E-state index is -4.39. The zero-order valence-corrected chi connectivity index (χ0v) is 11.7. The van der Waals surface area contributed by atoms with Crippen LogP contribution in [-0.2, 0) is 0 Å². The van der Waals surface area contributed by atoms with Crippen molar-refractivity contribution >= 4 is 35.3 Å². The van der Waals surface area contributed by atoms with Crippen LogP contribution in [0.2, 0.25) is 5.02 Å². The molecule has 116 valence electrons. The first-order chi connectivity index (χ1) is 10.4. The molecular formula is C13H10ClF3N4O. The average Bonchev–Trinajstić information content (AvgIpc) is 2.47. The second kappa shape index (κ2) is 6.61. The summed E-state index contributed by atoms with van der Waals surface area (Å²) in [6, 6.07) is 6.46. The van der Waals surface area contributed by atoms with E-state index >= 15 is 0 Å². The molecule has 0 unspecified atom stereocenters. The van der Waals surface area contributed by atoms with Crippen molar-refractivity contribution in [1.82, 2.24) is 9.97 Å². The van der Waals surface area contributed by atoms with E-state index in [1.165, 1.54) is 6.20 Å². The number of carbonyl (C=O) groups excluding carboxylic acids is 1. The maximum absolute atomic E-state index is 12.2. The number of benzene rings is 1. The molecule has 2 rings (SSSR count). The highest BCUT2D eigenvalue weighted by molar-refractivity contribution is 6.32. The molecular weight excluding hydrogens is 321 g/mol. The Morgan fingerprint density at radius 2 is 2.09 bits per heavy atom. The number of alkyl halides is 3. The van der Waals surface area contributed by atoms with Gasteiger partial charge in [0.05, 0.1) is 6.20 Å². The van der Waals surface area contributed by atoms with Gasteiger partial charge in [0.2, 0.25) is 5.95 Å². The predicted octanol–water partition coefficient (Wildman–Crippen LogP) is 3.66.